The van der Waals surface area contributed by atoms with Crippen molar-refractivity contribution in [2.24, 2.45) is 33.7 Å². The average Bonchev–Trinajstić information content (AvgIpc) is 3.11. The topological polar surface area (TPSA) is 108 Å². The lowest BCUT2D eigenvalue weighted by atomic mass is 9.46. The number of hydrogen-bond donors (Lipinski definition) is 3. The Kier molecular flexibility index (Phi) is 6.71. The molecule has 0 aromatic heterocycles. The largest absolute Gasteiger partial charge is 0.478 e. The van der Waals surface area contributed by atoms with Crippen LogP contribution in [0.5, 0.6) is 0 Å². The van der Waals surface area contributed by atoms with Crippen LogP contribution in [0.25, 0.3) is 0 Å². The van der Waals surface area contributed by atoms with Gasteiger partial charge in [-0.25, -0.2) is 4.79 Å². The number of rotatable bonds is 6. The third-order valence-corrected chi connectivity index (χ3v) is 10.6. The Morgan fingerprint density at radius 3 is 2.49 bits per heavy atom. The van der Waals surface area contributed by atoms with Gasteiger partial charge in [-0.1, -0.05) is 36.7 Å². The fourth-order valence-electron chi connectivity index (χ4n) is 8.08. The van der Waals surface area contributed by atoms with Gasteiger partial charge in [0.25, 0.3) is 5.91 Å². The van der Waals surface area contributed by atoms with Gasteiger partial charge in [0, 0.05) is 6.54 Å². The summed E-state index contributed by atoms with van der Waals surface area (Å²) in [6, 6.07) is 6.42. The van der Waals surface area contributed by atoms with Crippen molar-refractivity contribution in [2.75, 3.05) is 6.61 Å². The zero-order chi connectivity index (χ0) is 26.4. The van der Waals surface area contributed by atoms with Gasteiger partial charge in [0.15, 0.2) is 6.61 Å². The number of allylic oxidation sites excluding steroid dienone is 2. The van der Waals surface area contributed by atoms with E-state index in [-0.39, 0.29) is 28.9 Å². The summed E-state index contributed by atoms with van der Waals surface area (Å²) in [6.07, 6.45) is 10.8. The van der Waals surface area contributed by atoms with E-state index in [0.29, 0.717) is 24.3 Å². The van der Waals surface area contributed by atoms with Gasteiger partial charge in [-0.3, -0.25) is 4.79 Å². The number of carbonyl (C=O) groups is 2. The van der Waals surface area contributed by atoms with Crippen molar-refractivity contribution in [3.63, 3.8) is 0 Å². The summed E-state index contributed by atoms with van der Waals surface area (Å²) in [5.41, 5.74) is 3.11. The summed E-state index contributed by atoms with van der Waals surface area (Å²) in [5.74, 6) is 0.731. The molecule has 1 aromatic carbocycles. The highest BCUT2D eigenvalue weighted by Crippen LogP contribution is 2.67. The molecule has 200 valence electrons. The molecule has 6 atom stereocenters. The van der Waals surface area contributed by atoms with Gasteiger partial charge in [0.05, 0.1) is 16.9 Å². The maximum atomic E-state index is 12.2. The van der Waals surface area contributed by atoms with Crippen molar-refractivity contribution >= 4 is 17.6 Å². The third-order valence-electron chi connectivity index (χ3n) is 10.6. The number of nitrogens with zero attached hydrogens (tertiary/aromatic N) is 1. The molecule has 7 nitrogen and oxygen atoms in total. The number of fused-ring (bicyclic) bond motifs is 5. The molecule has 7 heteroatoms. The van der Waals surface area contributed by atoms with E-state index in [4.69, 9.17) is 9.94 Å². The number of carboxylic acids is 1. The Bertz CT molecular complexity index is 1120. The summed E-state index contributed by atoms with van der Waals surface area (Å²) in [6.45, 7) is 6.99. The Morgan fingerprint density at radius 2 is 1.76 bits per heavy atom. The van der Waals surface area contributed by atoms with Crippen LogP contribution in [0, 0.1) is 28.6 Å². The van der Waals surface area contributed by atoms with Crippen LogP contribution in [0.4, 0.5) is 0 Å². The number of hydrogen-bond acceptors (Lipinski definition) is 5. The second-order valence-electron chi connectivity index (χ2n) is 12.4. The van der Waals surface area contributed by atoms with E-state index in [1.165, 1.54) is 30.5 Å². The summed E-state index contributed by atoms with van der Waals surface area (Å²) in [7, 11) is 0. The summed E-state index contributed by atoms with van der Waals surface area (Å²) < 4.78 is 0. The van der Waals surface area contributed by atoms with Crippen LogP contribution < -0.4 is 5.32 Å². The standard InChI is InChI=1S/C30H40N2O5/c1-28-13-10-22(32-37-18-26(33)31-17-19-4-6-20(7-5-19)27(34)35)16-21(28)8-9-23-24(28)11-14-29(2)25(23)12-15-30(29,3)36/h4-7,16,23-25,36H,8-15,17-18H2,1-3H3,(H,31,33)(H,34,35)/t23-,24-,25-,28-,29+,30-/m0/s1. The predicted molar refractivity (Wildman–Crippen MR) is 141 cm³/mol. The molecule has 0 radical (unpaired) electrons. The number of oxime groups is 1. The molecule has 0 bridgehead atoms. The SMILES string of the molecule is C[C@]12CCC(=NOCC(=O)NCc3ccc(C(=O)O)cc3)C=C1CC[C@H]1[C@@H]2CC[C@]2(C)[C@H]1CC[C@]2(C)O. The van der Waals surface area contributed by atoms with Crippen LogP contribution in [0.1, 0.15) is 88.1 Å². The number of aromatic carboxylic acids is 1. The molecule has 0 saturated heterocycles. The second kappa shape index (κ2) is 9.57. The van der Waals surface area contributed by atoms with Gasteiger partial charge < -0.3 is 20.4 Å². The van der Waals surface area contributed by atoms with Gasteiger partial charge in [-0.2, -0.15) is 0 Å². The lowest BCUT2D eigenvalue weighted by Crippen LogP contribution is -2.53. The quantitative estimate of drug-likeness (QED) is 0.464. The molecule has 3 N–H and O–H groups in total. The van der Waals surface area contributed by atoms with Crippen LogP contribution >= 0.6 is 0 Å². The summed E-state index contributed by atoms with van der Waals surface area (Å²) >= 11 is 0. The number of nitrogens with one attached hydrogen (secondary N) is 1. The van der Waals surface area contributed by atoms with Crippen molar-refractivity contribution in [1.29, 1.82) is 0 Å². The molecule has 4 aliphatic rings. The van der Waals surface area contributed by atoms with Crippen molar-refractivity contribution in [3.05, 3.63) is 47.0 Å². The number of amides is 1. The lowest BCUT2D eigenvalue weighted by Gasteiger charge is -2.59. The normalized spacial score (nSPS) is 37.7. The first-order valence-corrected chi connectivity index (χ1v) is 13.7. The van der Waals surface area contributed by atoms with Crippen LogP contribution in [-0.2, 0) is 16.2 Å². The minimum absolute atomic E-state index is 0.0450. The average molecular weight is 509 g/mol. The predicted octanol–water partition coefficient (Wildman–Crippen LogP) is 5.09. The van der Waals surface area contributed by atoms with Gasteiger partial charge in [0.1, 0.15) is 0 Å². The van der Waals surface area contributed by atoms with Crippen molar-refractivity contribution in [1.82, 2.24) is 5.32 Å². The Morgan fingerprint density at radius 1 is 1.03 bits per heavy atom. The number of benzene rings is 1. The highest BCUT2D eigenvalue weighted by molar-refractivity contribution is 5.96. The zero-order valence-corrected chi connectivity index (χ0v) is 22.3. The minimum Gasteiger partial charge on any atom is -0.478 e. The smallest absolute Gasteiger partial charge is 0.335 e. The Hall–Kier alpha value is -2.67. The summed E-state index contributed by atoms with van der Waals surface area (Å²) in [5, 5.41) is 27.2. The van der Waals surface area contributed by atoms with Gasteiger partial charge in [-0.15, -0.1) is 0 Å². The maximum Gasteiger partial charge on any atom is 0.335 e. The minimum atomic E-state index is -0.973. The molecule has 1 aromatic rings. The number of carbonyl (C=O) groups excluding carboxylic acids is 1. The third kappa shape index (κ3) is 4.60. The van der Waals surface area contributed by atoms with Crippen LogP contribution in [0.3, 0.4) is 0 Å². The molecule has 1 amide bonds. The van der Waals surface area contributed by atoms with Gasteiger partial charge in [0.2, 0.25) is 0 Å². The second-order valence-corrected chi connectivity index (χ2v) is 12.4. The highest BCUT2D eigenvalue weighted by Gasteiger charge is 2.62. The fourth-order valence-corrected chi connectivity index (χ4v) is 8.08. The van der Waals surface area contributed by atoms with E-state index in [1.807, 2.05) is 0 Å². The van der Waals surface area contributed by atoms with Crippen molar-refractivity contribution in [3.8, 4) is 0 Å². The van der Waals surface area contributed by atoms with E-state index in [0.717, 1.165) is 49.8 Å². The lowest BCUT2D eigenvalue weighted by molar-refractivity contribution is -0.125. The van der Waals surface area contributed by atoms with Crippen LogP contribution in [0.2, 0.25) is 0 Å². The van der Waals surface area contributed by atoms with Crippen molar-refractivity contribution < 1.29 is 24.6 Å². The van der Waals surface area contributed by atoms with Crippen LogP contribution in [-0.4, -0.2) is 40.0 Å². The molecule has 37 heavy (non-hydrogen) atoms. The monoisotopic (exact) mass is 508 g/mol. The molecule has 0 aliphatic heterocycles. The molecule has 3 fully saturated rings. The molecule has 5 rings (SSSR count). The first kappa shape index (κ1) is 26.0. The molecule has 4 aliphatic carbocycles. The highest BCUT2D eigenvalue weighted by atomic mass is 16.6. The summed E-state index contributed by atoms with van der Waals surface area (Å²) in [4.78, 5) is 28.6. The molecular formula is C30H40N2O5. The van der Waals surface area contributed by atoms with E-state index in [1.54, 1.807) is 12.1 Å². The fraction of sp³-hybridized carbons (Fsp3) is 0.633. The van der Waals surface area contributed by atoms with Crippen molar-refractivity contribution in [2.45, 2.75) is 84.3 Å². The zero-order valence-electron chi connectivity index (χ0n) is 22.3. The first-order chi connectivity index (χ1) is 17.5. The molecule has 0 spiro atoms. The van der Waals surface area contributed by atoms with Crippen LogP contribution in [0.15, 0.2) is 41.1 Å². The number of carboxylic acid groups (broad SMARTS) is 1. The van der Waals surface area contributed by atoms with Gasteiger partial charge >= 0.3 is 5.97 Å². The first-order valence-electron chi connectivity index (χ1n) is 13.7. The molecule has 3 saturated carbocycles. The Labute approximate surface area is 219 Å². The van der Waals surface area contributed by atoms with Gasteiger partial charge in [-0.05, 0) is 111 Å². The Balaban J connectivity index is 1.16. The molecule has 0 unspecified atom stereocenters. The van der Waals surface area contributed by atoms with E-state index < -0.39 is 11.6 Å². The molecule has 0 heterocycles. The van der Waals surface area contributed by atoms with E-state index in [2.05, 4.69) is 37.3 Å². The maximum absolute atomic E-state index is 12.2. The van der Waals surface area contributed by atoms with E-state index >= 15 is 0 Å². The molecular weight excluding hydrogens is 468 g/mol. The number of aliphatic hydroxyl groups is 1. The van der Waals surface area contributed by atoms with E-state index in [9.17, 15) is 14.7 Å².